The van der Waals surface area contributed by atoms with E-state index in [1.165, 1.54) is 6.20 Å². The molecule has 0 unspecified atom stereocenters. The van der Waals surface area contributed by atoms with Crippen LogP contribution in [0.4, 0.5) is 8.78 Å². The predicted molar refractivity (Wildman–Crippen MR) is 91.2 cm³/mol. The Hall–Kier alpha value is -2.00. The number of aliphatic imine (C=N–C) groups is 1. The minimum atomic E-state index is -2.53. The molecule has 1 aliphatic heterocycles. The van der Waals surface area contributed by atoms with E-state index in [-0.39, 0.29) is 5.88 Å². The van der Waals surface area contributed by atoms with Gasteiger partial charge in [0.25, 0.3) is 6.43 Å². The van der Waals surface area contributed by atoms with Crippen molar-refractivity contribution in [2.45, 2.75) is 13.0 Å². The zero-order chi connectivity index (χ0) is 17.9. The van der Waals surface area contributed by atoms with Gasteiger partial charge in [0.15, 0.2) is 12.6 Å². The van der Waals surface area contributed by atoms with Gasteiger partial charge in [0.2, 0.25) is 5.88 Å². The van der Waals surface area contributed by atoms with Gasteiger partial charge in [0.05, 0.1) is 13.2 Å². The zero-order valence-electron chi connectivity index (χ0n) is 14.4. The molecule has 0 atom stereocenters. The fourth-order valence-corrected chi connectivity index (χ4v) is 2.39. The second-order valence-corrected chi connectivity index (χ2v) is 5.48. The van der Waals surface area contributed by atoms with E-state index < -0.39 is 13.0 Å². The average molecular weight is 357 g/mol. The van der Waals surface area contributed by atoms with Crippen molar-refractivity contribution in [1.82, 2.24) is 20.5 Å². The first-order valence-electron chi connectivity index (χ1n) is 8.28. The van der Waals surface area contributed by atoms with Crippen LogP contribution in [0.5, 0.6) is 5.88 Å². The second-order valence-electron chi connectivity index (χ2n) is 5.48. The maximum Gasteiger partial charge on any atom is 0.272 e. The Morgan fingerprint density at radius 2 is 2.20 bits per heavy atom. The molecule has 0 amide bonds. The molecule has 9 heteroatoms. The number of ether oxygens (including phenoxy) is 2. The van der Waals surface area contributed by atoms with Crippen LogP contribution in [0, 0.1) is 0 Å². The van der Waals surface area contributed by atoms with Gasteiger partial charge in [-0.05, 0) is 6.07 Å². The van der Waals surface area contributed by atoms with Gasteiger partial charge >= 0.3 is 0 Å². The highest BCUT2D eigenvalue weighted by Gasteiger charge is 2.11. The van der Waals surface area contributed by atoms with Crippen LogP contribution in [0.25, 0.3) is 0 Å². The molecule has 0 aliphatic carbocycles. The standard InChI is InChI=1S/C16H25F2N5O2/c1-19-16(21-5-6-23-7-9-24-10-8-23)22-11-13-3-2-4-20-15(13)25-12-14(17)18/h2-4,14H,5-12H2,1H3,(H2,19,21,22). The molecule has 7 nitrogen and oxygen atoms in total. The van der Waals surface area contributed by atoms with Crippen LogP contribution in [0.15, 0.2) is 23.3 Å². The lowest BCUT2D eigenvalue weighted by molar-refractivity contribution is 0.0389. The normalized spacial score (nSPS) is 16.1. The van der Waals surface area contributed by atoms with Crippen molar-refractivity contribution >= 4 is 5.96 Å². The Labute approximate surface area is 146 Å². The molecule has 2 heterocycles. The average Bonchev–Trinajstić information content (AvgIpc) is 2.64. The van der Waals surface area contributed by atoms with Crippen LogP contribution in [-0.4, -0.2) is 75.3 Å². The van der Waals surface area contributed by atoms with Crippen molar-refractivity contribution in [1.29, 1.82) is 0 Å². The third-order valence-corrected chi connectivity index (χ3v) is 3.69. The third kappa shape index (κ3) is 7.18. The lowest BCUT2D eigenvalue weighted by atomic mass is 10.2. The summed E-state index contributed by atoms with van der Waals surface area (Å²) >= 11 is 0. The van der Waals surface area contributed by atoms with Crippen molar-refractivity contribution in [3.63, 3.8) is 0 Å². The van der Waals surface area contributed by atoms with E-state index in [0.717, 1.165) is 39.4 Å². The molecule has 25 heavy (non-hydrogen) atoms. The van der Waals surface area contributed by atoms with Gasteiger partial charge in [-0.1, -0.05) is 6.07 Å². The number of nitrogens with zero attached hydrogens (tertiary/aromatic N) is 3. The van der Waals surface area contributed by atoms with E-state index >= 15 is 0 Å². The molecule has 0 bridgehead atoms. The molecule has 0 spiro atoms. The predicted octanol–water partition coefficient (Wildman–Crippen LogP) is 0.723. The third-order valence-electron chi connectivity index (χ3n) is 3.69. The lowest BCUT2D eigenvalue weighted by Gasteiger charge is -2.26. The van der Waals surface area contributed by atoms with E-state index in [4.69, 9.17) is 9.47 Å². The maximum absolute atomic E-state index is 12.3. The number of pyridine rings is 1. The quantitative estimate of drug-likeness (QED) is 0.528. The SMILES string of the molecule is CN=C(NCCN1CCOCC1)NCc1cccnc1OCC(F)F. The van der Waals surface area contributed by atoms with Crippen molar-refractivity contribution in [3.05, 3.63) is 23.9 Å². The molecule has 1 saturated heterocycles. The summed E-state index contributed by atoms with van der Waals surface area (Å²) in [5.74, 6) is 0.844. The summed E-state index contributed by atoms with van der Waals surface area (Å²) in [5.41, 5.74) is 0.694. The molecule has 1 aliphatic rings. The highest BCUT2D eigenvalue weighted by Crippen LogP contribution is 2.14. The van der Waals surface area contributed by atoms with Crippen LogP contribution >= 0.6 is 0 Å². The van der Waals surface area contributed by atoms with Crippen molar-refractivity contribution < 1.29 is 18.3 Å². The van der Waals surface area contributed by atoms with Crippen molar-refractivity contribution in [3.8, 4) is 5.88 Å². The summed E-state index contributed by atoms with van der Waals surface area (Å²) in [6.45, 7) is 4.79. The maximum atomic E-state index is 12.3. The Morgan fingerprint density at radius 1 is 1.40 bits per heavy atom. The summed E-state index contributed by atoms with van der Waals surface area (Å²) in [6, 6.07) is 3.52. The van der Waals surface area contributed by atoms with Gasteiger partial charge < -0.3 is 20.1 Å². The molecule has 2 N–H and O–H groups in total. The van der Waals surface area contributed by atoms with Gasteiger partial charge in [-0.15, -0.1) is 0 Å². The molecule has 0 radical (unpaired) electrons. The largest absolute Gasteiger partial charge is 0.471 e. The molecule has 0 aromatic carbocycles. The summed E-state index contributed by atoms with van der Waals surface area (Å²) in [4.78, 5) is 10.5. The first-order chi connectivity index (χ1) is 12.2. The monoisotopic (exact) mass is 357 g/mol. The lowest BCUT2D eigenvalue weighted by Crippen LogP contribution is -2.44. The fourth-order valence-electron chi connectivity index (χ4n) is 2.39. The highest BCUT2D eigenvalue weighted by atomic mass is 19.3. The Morgan fingerprint density at radius 3 is 2.92 bits per heavy atom. The van der Waals surface area contributed by atoms with E-state index in [9.17, 15) is 8.78 Å². The van der Waals surface area contributed by atoms with Crippen molar-refractivity contribution in [2.75, 3.05) is 53.0 Å². The summed E-state index contributed by atoms with van der Waals surface area (Å²) < 4.78 is 35.0. The van der Waals surface area contributed by atoms with E-state index in [0.29, 0.717) is 18.1 Å². The van der Waals surface area contributed by atoms with Gasteiger partial charge in [0, 0.05) is 51.5 Å². The molecule has 1 fully saturated rings. The van der Waals surface area contributed by atoms with Crippen LogP contribution in [0.3, 0.4) is 0 Å². The number of hydrogen-bond donors (Lipinski definition) is 2. The van der Waals surface area contributed by atoms with Crippen LogP contribution in [0.2, 0.25) is 0 Å². The Kier molecular flexibility index (Phi) is 8.33. The molecular formula is C16H25F2N5O2. The van der Waals surface area contributed by atoms with E-state index in [1.807, 2.05) is 0 Å². The number of nitrogens with one attached hydrogen (secondary N) is 2. The Balaban J connectivity index is 1.76. The molecule has 1 aromatic rings. The molecule has 1 aromatic heterocycles. The summed E-state index contributed by atoms with van der Waals surface area (Å²) in [6.07, 6.45) is -1.02. The van der Waals surface area contributed by atoms with Gasteiger partial charge in [-0.3, -0.25) is 9.89 Å². The number of guanidine groups is 1. The minimum absolute atomic E-state index is 0.207. The first kappa shape index (κ1) is 19.3. The number of morpholine rings is 1. The van der Waals surface area contributed by atoms with Crippen LogP contribution in [0.1, 0.15) is 5.56 Å². The smallest absolute Gasteiger partial charge is 0.272 e. The fraction of sp³-hybridized carbons (Fsp3) is 0.625. The molecular weight excluding hydrogens is 332 g/mol. The van der Waals surface area contributed by atoms with Gasteiger partial charge in [0.1, 0.15) is 0 Å². The van der Waals surface area contributed by atoms with Crippen LogP contribution in [-0.2, 0) is 11.3 Å². The number of alkyl halides is 2. The second kappa shape index (κ2) is 10.8. The molecule has 0 saturated carbocycles. The van der Waals surface area contributed by atoms with Gasteiger partial charge in [-0.25, -0.2) is 13.8 Å². The summed E-state index contributed by atoms with van der Waals surface area (Å²) in [7, 11) is 1.68. The number of halogens is 2. The highest BCUT2D eigenvalue weighted by molar-refractivity contribution is 5.79. The number of hydrogen-bond acceptors (Lipinski definition) is 5. The van der Waals surface area contributed by atoms with E-state index in [1.54, 1.807) is 19.2 Å². The Bertz CT molecular complexity index is 539. The summed E-state index contributed by atoms with van der Waals surface area (Å²) in [5, 5.41) is 6.37. The number of rotatable bonds is 8. The van der Waals surface area contributed by atoms with Crippen LogP contribution < -0.4 is 15.4 Å². The van der Waals surface area contributed by atoms with E-state index in [2.05, 4.69) is 25.5 Å². The van der Waals surface area contributed by atoms with Crippen molar-refractivity contribution in [2.24, 2.45) is 4.99 Å². The molecule has 140 valence electrons. The minimum Gasteiger partial charge on any atom is -0.471 e. The molecule has 2 rings (SSSR count). The first-order valence-corrected chi connectivity index (χ1v) is 8.28. The topological polar surface area (TPSA) is 71.0 Å². The van der Waals surface area contributed by atoms with Gasteiger partial charge in [-0.2, -0.15) is 0 Å². The zero-order valence-corrected chi connectivity index (χ0v) is 14.4. The number of aromatic nitrogens is 1.